The molecule has 2 atom stereocenters. The largest absolute Gasteiger partial charge is 0.466 e. The van der Waals surface area contributed by atoms with Crippen LogP contribution in [0.15, 0.2) is 0 Å². The van der Waals surface area contributed by atoms with E-state index >= 15 is 0 Å². The number of amides is 1. The topological polar surface area (TPSA) is 95.9 Å². The van der Waals surface area contributed by atoms with Gasteiger partial charge in [-0.2, -0.15) is 0 Å². The minimum absolute atomic E-state index is 0.0237. The Morgan fingerprint density at radius 3 is 0.693 bits per heavy atom. The quantitative estimate of drug-likeness (QED) is 0.0417. The van der Waals surface area contributed by atoms with E-state index in [4.69, 9.17) is 4.74 Å². The summed E-state index contributed by atoms with van der Waals surface area (Å²) in [5, 5.41) is 23.4. The van der Waals surface area contributed by atoms with Crippen LogP contribution >= 0.6 is 0 Å². The first-order valence-electron chi connectivity index (χ1n) is 41.3. The molecule has 0 aromatic carbocycles. The Morgan fingerprint density at radius 2 is 0.466 bits per heavy atom. The van der Waals surface area contributed by atoms with Crippen LogP contribution in [0.4, 0.5) is 0 Å². The number of aliphatic hydroxyl groups is 2. The number of carbonyl (C=O) groups is 2. The highest BCUT2D eigenvalue weighted by Gasteiger charge is 2.20. The van der Waals surface area contributed by atoms with Crippen molar-refractivity contribution in [1.29, 1.82) is 0 Å². The molecule has 0 aliphatic heterocycles. The molecule has 0 fully saturated rings. The molecular formula is C82H163NO5. The molecule has 0 heterocycles. The number of hydrogen-bond acceptors (Lipinski definition) is 5. The molecule has 0 rings (SSSR count). The SMILES string of the molecule is CCCCCCCCCCCCCCCCCCCC(O)C(CO)NC(=O)CCCCCCCCCCCCCCCCCCCCCCCCCCCCCCCCCCCCCCCCCOC(=O)CCCCCCCCCCCCCCCCC. The lowest BCUT2D eigenvalue weighted by atomic mass is 10.0. The summed E-state index contributed by atoms with van der Waals surface area (Å²) < 4.78 is 5.51. The van der Waals surface area contributed by atoms with E-state index in [1.54, 1.807) is 0 Å². The summed E-state index contributed by atoms with van der Waals surface area (Å²) in [6, 6.07) is -0.536. The minimum Gasteiger partial charge on any atom is -0.466 e. The van der Waals surface area contributed by atoms with Gasteiger partial charge < -0.3 is 20.3 Å². The van der Waals surface area contributed by atoms with E-state index in [9.17, 15) is 19.8 Å². The Bertz CT molecular complexity index is 1290. The van der Waals surface area contributed by atoms with Gasteiger partial charge >= 0.3 is 5.97 Å². The van der Waals surface area contributed by atoms with Crippen LogP contribution in [0.2, 0.25) is 0 Å². The first-order valence-corrected chi connectivity index (χ1v) is 41.3. The van der Waals surface area contributed by atoms with E-state index in [2.05, 4.69) is 19.2 Å². The van der Waals surface area contributed by atoms with Gasteiger partial charge in [0, 0.05) is 12.8 Å². The van der Waals surface area contributed by atoms with Gasteiger partial charge in [-0.25, -0.2) is 0 Å². The van der Waals surface area contributed by atoms with Crippen molar-refractivity contribution in [2.24, 2.45) is 0 Å². The molecule has 0 aromatic rings. The Morgan fingerprint density at radius 1 is 0.273 bits per heavy atom. The average molecular weight is 1240 g/mol. The minimum atomic E-state index is -0.659. The van der Waals surface area contributed by atoms with Crippen molar-refractivity contribution in [2.45, 2.75) is 501 Å². The summed E-state index contributed by atoms with van der Waals surface area (Å²) in [7, 11) is 0. The van der Waals surface area contributed by atoms with Crippen molar-refractivity contribution in [1.82, 2.24) is 5.32 Å². The zero-order valence-corrected chi connectivity index (χ0v) is 60.5. The molecule has 6 nitrogen and oxygen atoms in total. The zero-order chi connectivity index (χ0) is 63.5. The molecule has 526 valence electrons. The number of esters is 1. The van der Waals surface area contributed by atoms with Crippen LogP contribution in [0.5, 0.6) is 0 Å². The van der Waals surface area contributed by atoms with Crippen molar-refractivity contribution in [3.05, 3.63) is 0 Å². The predicted molar refractivity (Wildman–Crippen MR) is 389 cm³/mol. The van der Waals surface area contributed by atoms with Crippen LogP contribution in [0.25, 0.3) is 0 Å². The Kier molecular flexibility index (Phi) is 77.3. The van der Waals surface area contributed by atoms with E-state index in [-0.39, 0.29) is 18.5 Å². The van der Waals surface area contributed by atoms with Crippen molar-refractivity contribution >= 4 is 11.9 Å². The second kappa shape index (κ2) is 78.3. The molecule has 0 bridgehead atoms. The molecule has 88 heavy (non-hydrogen) atoms. The highest BCUT2D eigenvalue weighted by molar-refractivity contribution is 5.76. The molecule has 2 unspecified atom stereocenters. The molecule has 0 aliphatic rings. The van der Waals surface area contributed by atoms with Gasteiger partial charge in [0.05, 0.1) is 25.4 Å². The smallest absolute Gasteiger partial charge is 0.305 e. The van der Waals surface area contributed by atoms with E-state index < -0.39 is 12.1 Å². The van der Waals surface area contributed by atoms with E-state index in [0.717, 1.165) is 38.5 Å². The van der Waals surface area contributed by atoms with E-state index in [1.165, 1.54) is 417 Å². The fourth-order valence-corrected chi connectivity index (χ4v) is 13.6. The number of ether oxygens (including phenoxy) is 1. The van der Waals surface area contributed by atoms with Gasteiger partial charge in [-0.05, 0) is 25.7 Å². The number of carbonyl (C=O) groups excluding carboxylic acids is 2. The number of aliphatic hydroxyl groups excluding tert-OH is 2. The molecule has 0 radical (unpaired) electrons. The fourth-order valence-electron chi connectivity index (χ4n) is 13.6. The summed E-state index contributed by atoms with van der Waals surface area (Å²) in [5.74, 6) is 0.00471. The molecule has 0 aliphatic carbocycles. The molecule has 6 heteroatoms. The highest BCUT2D eigenvalue weighted by Crippen LogP contribution is 2.21. The standard InChI is InChI=1S/C82H163NO5/c1-3-5-7-9-11-13-15-17-19-43-47-50-54-58-62-66-70-74-80(85)79(78-84)83-81(86)75-71-67-63-59-55-51-48-44-41-39-37-35-33-31-29-27-25-23-21-20-22-24-26-28-30-32-34-36-38-40-42-45-49-53-57-61-65-69-73-77-88-82(87)76-72-68-64-60-56-52-46-18-16-14-12-10-8-6-4-2/h79-80,84-85H,3-78H2,1-2H3,(H,83,86). The Labute approximate surface area is 553 Å². The lowest BCUT2D eigenvalue weighted by Crippen LogP contribution is -2.45. The second-order valence-electron chi connectivity index (χ2n) is 28.8. The molecule has 0 saturated heterocycles. The van der Waals surface area contributed by atoms with Gasteiger partial charge in [0.1, 0.15) is 0 Å². The maximum absolute atomic E-state index is 12.5. The van der Waals surface area contributed by atoms with E-state index in [0.29, 0.717) is 25.9 Å². The Balaban J connectivity index is 3.27. The summed E-state index contributed by atoms with van der Waals surface area (Å²) in [5.41, 5.74) is 0. The molecule has 3 N–H and O–H groups in total. The van der Waals surface area contributed by atoms with Crippen LogP contribution in [0, 0.1) is 0 Å². The maximum atomic E-state index is 12.5. The van der Waals surface area contributed by atoms with Crippen molar-refractivity contribution in [3.63, 3.8) is 0 Å². The number of hydrogen-bond donors (Lipinski definition) is 3. The Hall–Kier alpha value is -1.14. The van der Waals surface area contributed by atoms with Crippen molar-refractivity contribution in [2.75, 3.05) is 13.2 Å². The highest BCUT2D eigenvalue weighted by atomic mass is 16.5. The molecule has 0 aromatic heterocycles. The maximum Gasteiger partial charge on any atom is 0.305 e. The molecule has 0 saturated carbocycles. The normalized spacial score (nSPS) is 12.4. The number of unbranched alkanes of at least 4 members (excludes halogenated alkanes) is 68. The van der Waals surface area contributed by atoms with Gasteiger partial charge in [0.15, 0.2) is 0 Å². The zero-order valence-electron chi connectivity index (χ0n) is 60.5. The van der Waals surface area contributed by atoms with Crippen LogP contribution < -0.4 is 5.32 Å². The molecule has 0 spiro atoms. The van der Waals surface area contributed by atoms with Gasteiger partial charge in [-0.3, -0.25) is 9.59 Å². The summed E-state index contributed by atoms with van der Waals surface area (Å²) in [6.07, 6.45) is 98.0. The third-order valence-corrected chi connectivity index (χ3v) is 19.9. The lowest BCUT2D eigenvalue weighted by molar-refractivity contribution is -0.143. The third-order valence-electron chi connectivity index (χ3n) is 19.9. The van der Waals surface area contributed by atoms with Gasteiger partial charge in [0.2, 0.25) is 5.91 Å². The lowest BCUT2D eigenvalue weighted by Gasteiger charge is -2.22. The second-order valence-corrected chi connectivity index (χ2v) is 28.8. The van der Waals surface area contributed by atoms with Crippen molar-refractivity contribution in [3.8, 4) is 0 Å². The monoisotopic (exact) mass is 1240 g/mol. The third kappa shape index (κ3) is 73.9. The van der Waals surface area contributed by atoms with Gasteiger partial charge in [-0.15, -0.1) is 0 Å². The molecule has 1 amide bonds. The molecular weight excluding hydrogens is 1080 g/mol. The average Bonchev–Trinajstić information content (AvgIpc) is 3.58. The van der Waals surface area contributed by atoms with Crippen LogP contribution in [-0.2, 0) is 14.3 Å². The number of rotatable bonds is 79. The summed E-state index contributed by atoms with van der Waals surface area (Å²) >= 11 is 0. The first kappa shape index (κ1) is 86.9. The fraction of sp³-hybridized carbons (Fsp3) is 0.976. The van der Waals surface area contributed by atoms with Crippen LogP contribution in [0.1, 0.15) is 489 Å². The van der Waals surface area contributed by atoms with Gasteiger partial charge in [-0.1, -0.05) is 450 Å². The van der Waals surface area contributed by atoms with E-state index in [1.807, 2.05) is 0 Å². The van der Waals surface area contributed by atoms with Crippen LogP contribution in [-0.4, -0.2) is 47.4 Å². The number of nitrogens with one attached hydrogen (secondary N) is 1. The first-order chi connectivity index (χ1) is 43.5. The van der Waals surface area contributed by atoms with Crippen LogP contribution in [0.3, 0.4) is 0 Å². The predicted octanol–water partition coefficient (Wildman–Crippen LogP) is 27.3. The van der Waals surface area contributed by atoms with Gasteiger partial charge in [0.25, 0.3) is 0 Å². The summed E-state index contributed by atoms with van der Waals surface area (Å²) in [6.45, 7) is 5.02. The summed E-state index contributed by atoms with van der Waals surface area (Å²) in [4.78, 5) is 24.6. The van der Waals surface area contributed by atoms with Crippen molar-refractivity contribution < 1.29 is 24.5 Å².